The van der Waals surface area contributed by atoms with Gasteiger partial charge in [-0.05, 0) is 85.5 Å². The molecule has 0 spiro atoms. The summed E-state index contributed by atoms with van der Waals surface area (Å²) in [5, 5.41) is 35.4. The summed E-state index contributed by atoms with van der Waals surface area (Å²) in [5.74, 6) is 2.48. The molecule has 3 fully saturated rings. The summed E-state index contributed by atoms with van der Waals surface area (Å²) in [7, 11) is 0. The minimum absolute atomic E-state index is 0.0833. The SMILES string of the molecule is O=C(O)c1ccc(C(=O)O)cc1.OCC1CC2C3CC(CO)C(C3)C2C1. The van der Waals surface area contributed by atoms with E-state index in [4.69, 9.17) is 10.2 Å². The number of aromatic carboxylic acids is 2. The molecule has 4 rings (SSSR count). The lowest BCUT2D eigenvalue weighted by atomic mass is 9.76. The monoisotopic (exact) mass is 362 g/mol. The van der Waals surface area contributed by atoms with Gasteiger partial charge in [-0.1, -0.05) is 0 Å². The lowest BCUT2D eigenvalue weighted by Gasteiger charge is -2.30. The number of aliphatic hydroxyl groups excluding tert-OH is 2. The van der Waals surface area contributed by atoms with E-state index in [1.807, 2.05) is 0 Å². The van der Waals surface area contributed by atoms with E-state index < -0.39 is 11.9 Å². The van der Waals surface area contributed by atoms with Crippen molar-refractivity contribution in [2.24, 2.45) is 35.5 Å². The van der Waals surface area contributed by atoms with Crippen LogP contribution in [0.4, 0.5) is 0 Å². The van der Waals surface area contributed by atoms with Crippen LogP contribution >= 0.6 is 0 Å². The summed E-state index contributed by atoms with van der Waals surface area (Å²) < 4.78 is 0. The molecule has 3 saturated carbocycles. The molecule has 4 N–H and O–H groups in total. The van der Waals surface area contributed by atoms with Gasteiger partial charge in [-0.15, -0.1) is 0 Å². The smallest absolute Gasteiger partial charge is 0.335 e. The predicted octanol–water partition coefficient (Wildman–Crippen LogP) is 2.35. The Bertz CT molecular complexity index is 620. The molecule has 6 heteroatoms. The van der Waals surface area contributed by atoms with Gasteiger partial charge in [0.1, 0.15) is 0 Å². The maximum Gasteiger partial charge on any atom is 0.335 e. The highest BCUT2D eigenvalue weighted by Crippen LogP contribution is 2.61. The Balaban J connectivity index is 0.000000153. The molecule has 3 aliphatic rings. The second kappa shape index (κ2) is 7.76. The molecule has 0 amide bonds. The summed E-state index contributed by atoms with van der Waals surface area (Å²) >= 11 is 0. The quantitative estimate of drug-likeness (QED) is 0.654. The van der Waals surface area contributed by atoms with Crippen molar-refractivity contribution in [3.05, 3.63) is 35.4 Å². The molecular weight excluding hydrogens is 336 g/mol. The van der Waals surface area contributed by atoms with E-state index in [0.717, 1.165) is 23.7 Å². The molecule has 1 aromatic rings. The number of benzene rings is 1. The third-order valence-electron chi connectivity index (χ3n) is 6.57. The summed E-state index contributed by atoms with van der Waals surface area (Å²) in [5.41, 5.74) is 0.167. The number of carbonyl (C=O) groups is 2. The van der Waals surface area contributed by atoms with Gasteiger partial charge in [-0.25, -0.2) is 9.59 Å². The number of hydrogen-bond donors (Lipinski definition) is 4. The highest BCUT2D eigenvalue weighted by Gasteiger charge is 2.55. The number of aliphatic hydroxyl groups is 2. The maximum atomic E-state index is 10.3. The minimum atomic E-state index is -1.06. The Morgan fingerprint density at radius 2 is 1.31 bits per heavy atom. The van der Waals surface area contributed by atoms with Crippen LogP contribution in [-0.4, -0.2) is 45.6 Å². The van der Waals surface area contributed by atoms with Crippen molar-refractivity contribution in [2.45, 2.75) is 25.7 Å². The Morgan fingerprint density at radius 3 is 1.77 bits per heavy atom. The average Bonchev–Trinajstić information content (AvgIpc) is 3.33. The van der Waals surface area contributed by atoms with Gasteiger partial charge < -0.3 is 20.4 Å². The standard InChI is InChI=1S/C12H20O2.C8H6O4/c13-5-7-1-10-8-3-9(6-14)11(4-8)12(10)2-7;9-7(10)5-1-2-6(4-3-5)8(11)12/h7-14H,1-6H2;1-4H,(H,9,10)(H,11,12). The zero-order valence-electron chi connectivity index (χ0n) is 14.6. The lowest BCUT2D eigenvalue weighted by molar-refractivity contribution is 0.0681. The van der Waals surface area contributed by atoms with E-state index in [-0.39, 0.29) is 11.1 Å². The van der Waals surface area contributed by atoms with E-state index in [1.54, 1.807) is 0 Å². The molecule has 1 aromatic carbocycles. The predicted molar refractivity (Wildman–Crippen MR) is 93.9 cm³/mol. The molecule has 0 aliphatic heterocycles. The van der Waals surface area contributed by atoms with Gasteiger partial charge in [0.05, 0.1) is 11.1 Å². The molecule has 2 bridgehead atoms. The molecule has 26 heavy (non-hydrogen) atoms. The molecule has 0 radical (unpaired) electrons. The largest absolute Gasteiger partial charge is 0.478 e. The van der Waals surface area contributed by atoms with Crippen molar-refractivity contribution in [1.29, 1.82) is 0 Å². The van der Waals surface area contributed by atoms with E-state index in [0.29, 0.717) is 25.0 Å². The van der Waals surface area contributed by atoms with Crippen LogP contribution in [0, 0.1) is 35.5 Å². The second-order valence-corrected chi connectivity index (χ2v) is 7.87. The van der Waals surface area contributed by atoms with Crippen LogP contribution < -0.4 is 0 Å². The van der Waals surface area contributed by atoms with Crippen LogP contribution in [-0.2, 0) is 0 Å². The summed E-state index contributed by atoms with van der Waals surface area (Å²) in [6, 6.07) is 5.02. The Labute approximate surface area is 152 Å². The van der Waals surface area contributed by atoms with Crippen LogP contribution in [0.1, 0.15) is 46.4 Å². The third-order valence-corrected chi connectivity index (χ3v) is 6.57. The number of carboxylic acid groups (broad SMARTS) is 2. The van der Waals surface area contributed by atoms with Crippen molar-refractivity contribution < 1.29 is 30.0 Å². The Kier molecular flexibility index (Phi) is 5.63. The van der Waals surface area contributed by atoms with Crippen molar-refractivity contribution in [3.8, 4) is 0 Å². The fourth-order valence-corrected chi connectivity index (χ4v) is 5.44. The van der Waals surface area contributed by atoms with Crippen LogP contribution in [0.25, 0.3) is 0 Å². The normalized spacial score (nSPS) is 34.1. The van der Waals surface area contributed by atoms with Crippen LogP contribution in [0.2, 0.25) is 0 Å². The zero-order valence-corrected chi connectivity index (χ0v) is 14.6. The molecule has 0 saturated heterocycles. The van der Waals surface area contributed by atoms with Gasteiger partial charge in [0.2, 0.25) is 0 Å². The van der Waals surface area contributed by atoms with Crippen molar-refractivity contribution in [3.63, 3.8) is 0 Å². The number of hydrogen-bond acceptors (Lipinski definition) is 4. The molecule has 6 atom stereocenters. The van der Waals surface area contributed by atoms with E-state index in [9.17, 15) is 19.8 Å². The second-order valence-electron chi connectivity index (χ2n) is 7.87. The fraction of sp³-hybridized carbons (Fsp3) is 0.600. The van der Waals surface area contributed by atoms with Crippen molar-refractivity contribution >= 4 is 11.9 Å². The molecule has 0 aromatic heterocycles. The first-order valence-corrected chi connectivity index (χ1v) is 9.23. The topological polar surface area (TPSA) is 115 Å². The first-order valence-electron chi connectivity index (χ1n) is 9.23. The first-order chi connectivity index (χ1) is 12.4. The molecular formula is C20H26O6. The fourth-order valence-electron chi connectivity index (χ4n) is 5.44. The highest BCUT2D eigenvalue weighted by atomic mass is 16.4. The molecule has 0 heterocycles. The molecule has 3 aliphatic carbocycles. The van der Waals surface area contributed by atoms with Gasteiger partial charge in [-0.3, -0.25) is 0 Å². The number of rotatable bonds is 4. The maximum absolute atomic E-state index is 10.3. The Hall–Kier alpha value is -1.92. The van der Waals surface area contributed by atoms with Gasteiger partial charge in [0.15, 0.2) is 0 Å². The highest BCUT2D eigenvalue weighted by molar-refractivity contribution is 5.91. The zero-order chi connectivity index (χ0) is 18.8. The van der Waals surface area contributed by atoms with Crippen LogP contribution in [0.15, 0.2) is 24.3 Å². The number of carboxylic acids is 2. The van der Waals surface area contributed by atoms with Crippen LogP contribution in [0.5, 0.6) is 0 Å². The molecule has 6 unspecified atom stereocenters. The van der Waals surface area contributed by atoms with Gasteiger partial charge in [0, 0.05) is 13.2 Å². The minimum Gasteiger partial charge on any atom is -0.478 e. The Morgan fingerprint density at radius 1 is 0.769 bits per heavy atom. The summed E-state index contributed by atoms with van der Waals surface area (Å²) in [6.45, 7) is 0.782. The first kappa shape index (κ1) is 18.9. The summed E-state index contributed by atoms with van der Waals surface area (Å²) in [6.07, 6.45) is 5.14. The van der Waals surface area contributed by atoms with E-state index in [1.165, 1.54) is 49.9 Å². The van der Waals surface area contributed by atoms with Gasteiger partial charge in [0.25, 0.3) is 0 Å². The van der Waals surface area contributed by atoms with E-state index in [2.05, 4.69) is 0 Å². The van der Waals surface area contributed by atoms with Gasteiger partial charge >= 0.3 is 11.9 Å². The molecule has 142 valence electrons. The van der Waals surface area contributed by atoms with Crippen molar-refractivity contribution in [2.75, 3.05) is 13.2 Å². The lowest BCUT2D eigenvalue weighted by Crippen LogP contribution is -2.26. The van der Waals surface area contributed by atoms with Crippen LogP contribution in [0.3, 0.4) is 0 Å². The third kappa shape index (κ3) is 3.62. The summed E-state index contributed by atoms with van der Waals surface area (Å²) in [4.78, 5) is 20.7. The van der Waals surface area contributed by atoms with Gasteiger partial charge in [-0.2, -0.15) is 0 Å². The van der Waals surface area contributed by atoms with E-state index >= 15 is 0 Å². The number of fused-ring (bicyclic) bond motifs is 5. The molecule has 6 nitrogen and oxygen atoms in total. The van der Waals surface area contributed by atoms with Crippen molar-refractivity contribution in [1.82, 2.24) is 0 Å². The average molecular weight is 362 g/mol.